The maximum Gasteiger partial charge on any atom is 0.319 e. The minimum atomic E-state index is -0.896. The molecule has 0 saturated carbocycles. The fourth-order valence-corrected chi connectivity index (χ4v) is 7.03. The van der Waals surface area contributed by atoms with E-state index in [0.717, 1.165) is 38.9 Å². The van der Waals surface area contributed by atoms with Crippen molar-refractivity contribution in [2.24, 2.45) is 0 Å². The summed E-state index contributed by atoms with van der Waals surface area (Å²) in [4.78, 5) is 18.0. The smallest absolute Gasteiger partial charge is 0.319 e. The molecular weight excluding hydrogens is 541 g/mol. The first-order valence-corrected chi connectivity index (χ1v) is 14.4. The van der Waals surface area contributed by atoms with E-state index >= 15 is 4.39 Å². The number of hydrogen-bond acceptors (Lipinski definition) is 7. The van der Waals surface area contributed by atoms with E-state index in [9.17, 15) is 8.78 Å². The fraction of sp³-hybridized carbons (Fsp3) is 0.406. The van der Waals surface area contributed by atoms with Crippen molar-refractivity contribution >= 4 is 27.5 Å². The Morgan fingerprint density at radius 3 is 2.93 bits per heavy atom. The van der Waals surface area contributed by atoms with Gasteiger partial charge in [-0.25, -0.2) is 13.2 Å². The molecule has 7 nitrogen and oxygen atoms in total. The number of rotatable bonds is 6. The minimum Gasteiger partial charge on any atom is -0.461 e. The standard InChI is InChI=1S/C32H31F3N6O/c1-3-22-25(34)9-8-19-6-4-7-23(26(19)22)28-27(35)29-24(16-37-28)30(40(2)21-10-12-36-15-21)39-31(38-29)42-18-32-11-5-13-41(32)17-20(33)14-32/h1,4,6-9,16,20-21,36H,5,10-15,17-18H2,2H3/t20?,21?,32-/m0/s1. The highest BCUT2D eigenvalue weighted by Gasteiger charge is 2.49. The minimum absolute atomic E-state index is 0.00705. The van der Waals surface area contributed by atoms with Gasteiger partial charge < -0.3 is 15.0 Å². The number of alkyl halides is 1. The van der Waals surface area contributed by atoms with Crippen molar-refractivity contribution in [1.82, 2.24) is 25.2 Å². The van der Waals surface area contributed by atoms with E-state index in [1.165, 1.54) is 6.07 Å². The Morgan fingerprint density at radius 2 is 2.12 bits per heavy atom. The molecule has 2 aromatic carbocycles. The molecule has 3 fully saturated rings. The molecule has 7 rings (SSSR count). The maximum atomic E-state index is 16.6. The van der Waals surface area contributed by atoms with Crippen LogP contribution in [0.5, 0.6) is 6.01 Å². The number of pyridine rings is 1. The van der Waals surface area contributed by atoms with Crippen LogP contribution in [0, 0.1) is 24.0 Å². The second kappa shape index (κ2) is 10.4. The van der Waals surface area contributed by atoms with Gasteiger partial charge in [0.15, 0.2) is 5.82 Å². The molecule has 10 heteroatoms. The number of likely N-dealkylation sites (N-methyl/N-ethyl adjacent to an activating group) is 1. The lowest BCUT2D eigenvalue weighted by molar-refractivity contribution is 0.107. The summed E-state index contributed by atoms with van der Waals surface area (Å²) in [6.07, 6.45) is 9.45. The Bertz CT molecular complexity index is 1740. The monoisotopic (exact) mass is 572 g/mol. The van der Waals surface area contributed by atoms with Crippen molar-refractivity contribution in [3.8, 4) is 29.6 Å². The van der Waals surface area contributed by atoms with E-state index in [1.807, 2.05) is 11.9 Å². The molecule has 5 heterocycles. The molecule has 0 amide bonds. The predicted octanol–water partition coefficient (Wildman–Crippen LogP) is 4.86. The second-order valence-corrected chi connectivity index (χ2v) is 11.6. The van der Waals surface area contributed by atoms with Gasteiger partial charge in [0, 0.05) is 49.7 Å². The molecule has 0 radical (unpaired) electrons. The van der Waals surface area contributed by atoms with Gasteiger partial charge in [-0.3, -0.25) is 9.88 Å². The summed E-state index contributed by atoms with van der Waals surface area (Å²) in [7, 11) is 1.92. The number of benzene rings is 2. The number of terminal acetylenes is 1. The Hall–Kier alpha value is -3.94. The highest BCUT2D eigenvalue weighted by Crippen LogP contribution is 2.41. The molecular formula is C32H31F3N6O. The number of nitrogens with zero attached hydrogens (tertiary/aromatic N) is 5. The van der Waals surface area contributed by atoms with Crippen LogP contribution in [-0.2, 0) is 0 Å². The number of nitrogens with one attached hydrogen (secondary N) is 1. The lowest BCUT2D eigenvalue weighted by Crippen LogP contribution is -2.43. The molecule has 3 saturated heterocycles. The SMILES string of the molecule is C#Cc1c(F)ccc2cccc(-c3ncc4c(N(C)C5CCNC5)nc(OC[C@@]56CCCN5CC(F)C6)nc4c3F)c12. The van der Waals surface area contributed by atoms with Crippen LogP contribution in [0.4, 0.5) is 19.0 Å². The third kappa shape index (κ3) is 4.34. The number of fused-ring (bicyclic) bond motifs is 3. The van der Waals surface area contributed by atoms with Gasteiger partial charge in [-0.05, 0) is 43.8 Å². The number of aromatic nitrogens is 3. The zero-order valence-electron chi connectivity index (χ0n) is 23.3. The third-order valence-electron chi connectivity index (χ3n) is 9.18. The second-order valence-electron chi connectivity index (χ2n) is 11.6. The third-order valence-corrected chi connectivity index (χ3v) is 9.18. The van der Waals surface area contributed by atoms with Gasteiger partial charge in [-0.1, -0.05) is 30.2 Å². The maximum absolute atomic E-state index is 16.6. The van der Waals surface area contributed by atoms with Crippen LogP contribution < -0.4 is 15.0 Å². The normalized spacial score (nSPS) is 23.9. The van der Waals surface area contributed by atoms with Crippen LogP contribution in [0.15, 0.2) is 36.5 Å². The highest BCUT2D eigenvalue weighted by atomic mass is 19.1. The Balaban J connectivity index is 1.36. The summed E-state index contributed by atoms with van der Waals surface area (Å²) in [6.45, 7) is 3.09. The van der Waals surface area contributed by atoms with Crippen molar-refractivity contribution < 1.29 is 17.9 Å². The first kappa shape index (κ1) is 26.9. The molecule has 42 heavy (non-hydrogen) atoms. The van der Waals surface area contributed by atoms with Crippen LogP contribution in [0.2, 0.25) is 0 Å². The summed E-state index contributed by atoms with van der Waals surface area (Å²) < 4.78 is 51.9. The molecule has 0 aliphatic carbocycles. The Labute approximate surface area is 242 Å². The van der Waals surface area contributed by atoms with Crippen LogP contribution in [-0.4, -0.2) is 77.4 Å². The summed E-state index contributed by atoms with van der Waals surface area (Å²) in [6, 6.07) is 8.33. The summed E-state index contributed by atoms with van der Waals surface area (Å²) in [5, 5.41) is 4.88. The van der Waals surface area contributed by atoms with E-state index < -0.39 is 23.3 Å². The molecule has 1 N–H and O–H groups in total. The highest BCUT2D eigenvalue weighted by molar-refractivity contribution is 6.02. The quantitative estimate of drug-likeness (QED) is 0.331. The van der Waals surface area contributed by atoms with Gasteiger partial charge in [0.25, 0.3) is 0 Å². The van der Waals surface area contributed by atoms with Gasteiger partial charge in [0.2, 0.25) is 0 Å². The van der Waals surface area contributed by atoms with Crippen molar-refractivity contribution in [3.63, 3.8) is 0 Å². The van der Waals surface area contributed by atoms with Gasteiger partial charge in [0.05, 0.1) is 16.5 Å². The number of halogens is 3. The molecule has 2 unspecified atom stereocenters. The number of anilines is 1. The topological polar surface area (TPSA) is 66.4 Å². The zero-order chi connectivity index (χ0) is 29.0. The molecule has 3 atom stereocenters. The number of hydrogen-bond donors (Lipinski definition) is 1. The first-order chi connectivity index (χ1) is 20.4. The zero-order valence-corrected chi connectivity index (χ0v) is 23.3. The molecule has 3 aliphatic heterocycles. The van der Waals surface area contributed by atoms with Crippen molar-refractivity contribution in [1.29, 1.82) is 0 Å². The average Bonchev–Trinajstić information content (AvgIpc) is 3.72. The molecule has 216 valence electrons. The average molecular weight is 573 g/mol. The van der Waals surface area contributed by atoms with Gasteiger partial charge in [0.1, 0.15) is 35.6 Å². The van der Waals surface area contributed by atoms with Crippen LogP contribution in [0.3, 0.4) is 0 Å². The predicted molar refractivity (Wildman–Crippen MR) is 156 cm³/mol. The number of ether oxygens (including phenoxy) is 1. The molecule has 3 aliphatic rings. The lowest BCUT2D eigenvalue weighted by Gasteiger charge is -2.31. The molecule has 0 bridgehead atoms. The van der Waals surface area contributed by atoms with E-state index in [4.69, 9.17) is 16.1 Å². The van der Waals surface area contributed by atoms with Crippen molar-refractivity contribution in [2.45, 2.75) is 43.4 Å². The molecule has 0 spiro atoms. The van der Waals surface area contributed by atoms with Crippen LogP contribution >= 0.6 is 0 Å². The summed E-state index contributed by atoms with van der Waals surface area (Å²) in [5.41, 5.74) is 0.0699. The largest absolute Gasteiger partial charge is 0.461 e. The van der Waals surface area contributed by atoms with E-state index in [0.29, 0.717) is 40.5 Å². The fourth-order valence-electron chi connectivity index (χ4n) is 7.03. The first-order valence-electron chi connectivity index (χ1n) is 14.4. The van der Waals surface area contributed by atoms with E-state index in [2.05, 4.69) is 26.1 Å². The summed E-state index contributed by atoms with van der Waals surface area (Å²) in [5.74, 6) is 1.69. The summed E-state index contributed by atoms with van der Waals surface area (Å²) >= 11 is 0. The van der Waals surface area contributed by atoms with Crippen molar-refractivity contribution in [2.75, 3.05) is 44.7 Å². The Kier molecular flexibility index (Phi) is 6.67. The van der Waals surface area contributed by atoms with E-state index in [-0.39, 0.29) is 35.4 Å². The van der Waals surface area contributed by atoms with Gasteiger partial charge >= 0.3 is 6.01 Å². The molecule has 2 aromatic heterocycles. The van der Waals surface area contributed by atoms with Crippen LogP contribution in [0.25, 0.3) is 32.9 Å². The Morgan fingerprint density at radius 1 is 1.24 bits per heavy atom. The van der Waals surface area contributed by atoms with Gasteiger partial charge in [-0.15, -0.1) is 6.42 Å². The lowest BCUT2D eigenvalue weighted by atomic mass is 9.95. The van der Waals surface area contributed by atoms with Gasteiger partial charge in [-0.2, -0.15) is 9.97 Å². The van der Waals surface area contributed by atoms with Crippen molar-refractivity contribution in [3.05, 3.63) is 53.7 Å². The molecule has 4 aromatic rings. The van der Waals surface area contributed by atoms with Crippen LogP contribution in [0.1, 0.15) is 31.2 Å². The van der Waals surface area contributed by atoms with E-state index in [1.54, 1.807) is 30.5 Å².